The molecule has 0 spiro atoms. The van der Waals surface area contributed by atoms with Crippen molar-refractivity contribution in [2.75, 3.05) is 32.7 Å². The van der Waals surface area contributed by atoms with Gasteiger partial charge in [0.15, 0.2) is 0 Å². The van der Waals surface area contributed by atoms with Crippen LogP contribution in [0.4, 0.5) is 0 Å². The molecular weight excluding hydrogens is 202 g/mol. The van der Waals surface area contributed by atoms with E-state index in [1.807, 2.05) is 0 Å². The van der Waals surface area contributed by atoms with Gasteiger partial charge in [-0.1, -0.05) is 0 Å². The number of piperazine rings is 1. The Morgan fingerprint density at radius 2 is 2.06 bits per heavy atom. The van der Waals surface area contributed by atoms with Crippen LogP contribution < -0.4 is 5.32 Å². The van der Waals surface area contributed by atoms with Crippen LogP contribution in [-0.4, -0.2) is 60.5 Å². The van der Waals surface area contributed by atoms with Gasteiger partial charge >= 0.3 is 0 Å². The number of rotatable bonds is 1. The lowest BCUT2D eigenvalue weighted by Crippen LogP contribution is -2.55. The number of carbonyl (C=O) groups excluding carboxylic acids is 1. The Morgan fingerprint density at radius 1 is 1.12 bits per heavy atom. The zero-order chi connectivity index (χ0) is 11.0. The molecule has 3 aliphatic heterocycles. The molecule has 3 aliphatic rings. The minimum absolute atomic E-state index is 0.118. The highest BCUT2D eigenvalue weighted by atomic mass is 16.2. The molecule has 0 aromatic carbocycles. The molecule has 0 aromatic rings. The van der Waals surface area contributed by atoms with E-state index in [9.17, 15) is 4.79 Å². The summed E-state index contributed by atoms with van der Waals surface area (Å²) in [7, 11) is 0. The van der Waals surface area contributed by atoms with Gasteiger partial charge in [0, 0.05) is 25.7 Å². The summed E-state index contributed by atoms with van der Waals surface area (Å²) in [6, 6.07) is 0.770. The summed E-state index contributed by atoms with van der Waals surface area (Å²) in [5.41, 5.74) is 0. The van der Waals surface area contributed by atoms with Gasteiger partial charge in [-0.25, -0.2) is 0 Å². The predicted octanol–water partition coefficient (Wildman–Crippen LogP) is 0.0450. The van der Waals surface area contributed by atoms with Crippen LogP contribution in [0, 0.1) is 0 Å². The minimum Gasteiger partial charge on any atom is -0.338 e. The number of amides is 1. The molecular formula is C12H21N3O. The second kappa shape index (κ2) is 4.34. The lowest BCUT2D eigenvalue weighted by molar-refractivity contribution is -0.135. The summed E-state index contributed by atoms with van der Waals surface area (Å²) in [6.45, 7) is 5.25. The highest BCUT2D eigenvalue weighted by Gasteiger charge is 2.35. The SMILES string of the molecule is O=C([C@H]1CCCN1)N1CCN2CCCC2C1. The van der Waals surface area contributed by atoms with Gasteiger partial charge in [-0.2, -0.15) is 0 Å². The standard InChI is InChI=1S/C12H21N3O/c16-12(11-4-1-5-13-11)15-8-7-14-6-2-3-10(14)9-15/h10-11,13H,1-9H2/t10?,11-/m1/s1. The summed E-state index contributed by atoms with van der Waals surface area (Å²) in [5, 5.41) is 3.31. The van der Waals surface area contributed by atoms with Crippen molar-refractivity contribution in [2.24, 2.45) is 0 Å². The maximum absolute atomic E-state index is 12.2. The number of hydrogen-bond acceptors (Lipinski definition) is 3. The van der Waals surface area contributed by atoms with E-state index in [4.69, 9.17) is 0 Å². The molecule has 1 N–H and O–H groups in total. The van der Waals surface area contributed by atoms with Crippen LogP contribution in [0.25, 0.3) is 0 Å². The highest BCUT2D eigenvalue weighted by molar-refractivity contribution is 5.82. The molecule has 4 nitrogen and oxygen atoms in total. The van der Waals surface area contributed by atoms with Crippen molar-refractivity contribution in [1.82, 2.24) is 15.1 Å². The maximum Gasteiger partial charge on any atom is 0.239 e. The fourth-order valence-electron chi connectivity index (χ4n) is 3.31. The van der Waals surface area contributed by atoms with Crippen LogP contribution in [0.5, 0.6) is 0 Å². The van der Waals surface area contributed by atoms with Crippen molar-refractivity contribution in [3.05, 3.63) is 0 Å². The first kappa shape index (κ1) is 10.5. The first-order valence-electron chi connectivity index (χ1n) is 6.61. The number of fused-ring (bicyclic) bond motifs is 1. The molecule has 3 rings (SSSR count). The van der Waals surface area contributed by atoms with Crippen molar-refractivity contribution in [3.63, 3.8) is 0 Å². The van der Waals surface area contributed by atoms with E-state index >= 15 is 0 Å². The van der Waals surface area contributed by atoms with Gasteiger partial charge in [0.2, 0.25) is 5.91 Å². The molecule has 1 amide bonds. The van der Waals surface area contributed by atoms with Gasteiger partial charge in [0.25, 0.3) is 0 Å². The normalized spacial score (nSPS) is 35.4. The molecule has 0 radical (unpaired) electrons. The number of hydrogen-bond donors (Lipinski definition) is 1. The Labute approximate surface area is 97.0 Å². The number of nitrogens with zero attached hydrogens (tertiary/aromatic N) is 2. The van der Waals surface area contributed by atoms with E-state index in [-0.39, 0.29) is 6.04 Å². The highest BCUT2D eigenvalue weighted by Crippen LogP contribution is 2.22. The average Bonchev–Trinajstić information content (AvgIpc) is 2.98. The van der Waals surface area contributed by atoms with Gasteiger partial charge in [0.05, 0.1) is 6.04 Å². The largest absolute Gasteiger partial charge is 0.338 e. The van der Waals surface area contributed by atoms with E-state index in [1.54, 1.807) is 0 Å². The Hall–Kier alpha value is -0.610. The van der Waals surface area contributed by atoms with E-state index in [1.165, 1.54) is 19.4 Å². The fourth-order valence-corrected chi connectivity index (χ4v) is 3.31. The van der Waals surface area contributed by atoms with E-state index < -0.39 is 0 Å². The van der Waals surface area contributed by atoms with Gasteiger partial charge < -0.3 is 10.2 Å². The Balaban J connectivity index is 1.60. The molecule has 3 saturated heterocycles. The molecule has 0 bridgehead atoms. The van der Waals surface area contributed by atoms with Crippen LogP contribution in [0.2, 0.25) is 0 Å². The van der Waals surface area contributed by atoms with Crippen molar-refractivity contribution < 1.29 is 4.79 Å². The van der Waals surface area contributed by atoms with Crippen LogP contribution >= 0.6 is 0 Å². The summed E-state index contributed by atoms with van der Waals surface area (Å²) < 4.78 is 0. The minimum atomic E-state index is 0.118. The Morgan fingerprint density at radius 3 is 2.88 bits per heavy atom. The van der Waals surface area contributed by atoms with Crippen molar-refractivity contribution in [3.8, 4) is 0 Å². The smallest absolute Gasteiger partial charge is 0.239 e. The number of nitrogens with one attached hydrogen (secondary N) is 1. The van der Waals surface area contributed by atoms with Crippen LogP contribution in [0.1, 0.15) is 25.7 Å². The molecule has 0 aliphatic carbocycles. The van der Waals surface area contributed by atoms with Gasteiger partial charge in [-0.3, -0.25) is 9.69 Å². The Bertz CT molecular complexity index is 275. The first-order chi connectivity index (χ1) is 7.84. The quantitative estimate of drug-likeness (QED) is 0.682. The topological polar surface area (TPSA) is 35.6 Å². The third kappa shape index (κ3) is 1.84. The molecule has 3 fully saturated rings. The average molecular weight is 223 g/mol. The lowest BCUT2D eigenvalue weighted by atomic mass is 10.1. The van der Waals surface area contributed by atoms with Crippen molar-refractivity contribution in [1.29, 1.82) is 0 Å². The van der Waals surface area contributed by atoms with Crippen LogP contribution in [0.3, 0.4) is 0 Å². The summed E-state index contributed by atoms with van der Waals surface area (Å²) in [6.07, 6.45) is 4.78. The zero-order valence-corrected chi connectivity index (χ0v) is 9.82. The first-order valence-corrected chi connectivity index (χ1v) is 6.61. The van der Waals surface area contributed by atoms with E-state index in [0.29, 0.717) is 11.9 Å². The molecule has 90 valence electrons. The van der Waals surface area contributed by atoms with Crippen LogP contribution in [0.15, 0.2) is 0 Å². The predicted molar refractivity (Wildman–Crippen MR) is 62.2 cm³/mol. The van der Waals surface area contributed by atoms with E-state index in [2.05, 4.69) is 15.1 Å². The molecule has 3 heterocycles. The molecule has 1 unspecified atom stereocenters. The second-order valence-corrected chi connectivity index (χ2v) is 5.27. The van der Waals surface area contributed by atoms with Gasteiger partial charge in [-0.05, 0) is 38.8 Å². The van der Waals surface area contributed by atoms with Crippen molar-refractivity contribution in [2.45, 2.75) is 37.8 Å². The Kier molecular flexibility index (Phi) is 2.86. The summed E-state index contributed by atoms with van der Waals surface area (Å²) in [4.78, 5) is 16.9. The fraction of sp³-hybridized carbons (Fsp3) is 0.917. The summed E-state index contributed by atoms with van der Waals surface area (Å²) >= 11 is 0. The van der Waals surface area contributed by atoms with Crippen LogP contribution in [-0.2, 0) is 4.79 Å². The molecule has 0 aromatic heterocycles. The molecule has 2 atom stereocenters. The third-order valence-electron chi connectivity index (χ3n) is 4.26. The monoisotopic (exact) mass is 223 g/mol. The molecule has 4 heteroatoms. The number of carbonyl (C=O) groups is 1. The summed E-state index contributed by atoms with van der Waals surface area (Å²) in [5.74, 6) is 0.351. The van der Waals surface area contributed by atoms with E-state index in [0.717, 1.165) is 39.0 Å². The second-order valence-electron chi connectivity index (χ2n) is 5.27. The zero-order valence-electron chi connectivity index (χ0n) is 9.82. The molecule has 0 saturated carbocycles. The third-order valence-corrected chi connectivity index (χ3v) is 4.26. The van der Waals surface area contributed by atoms with Gasteiger partial charge in [0.1, 0.15) is 0 Å². The van der Waals surface area contributed by atoms with Gasteiger partial charge in [-0.15, -0.1) is 0 Å². The molecule has 16 heavy (non-hydrogen) atoms. The van der Waals surface area contributed by atoms with Crippen molar-refractivity contribution >= 4 is 5.91 Å². The maximum atomic E-state index is 12.2. The lowest BCUT2D eigenvalue weighted by Gasteiger charge is -2.38.